The van der Waals surface area contributed by atoms with Crippen LogP contribution < -0.4 is 0 Å². The summed E-state index contributed by atoms with van der Waals surface area (Å²) in [6, 6.07) is 0. The fourth-order valence-electron chi connectivity index (χ4n) is 1.33. The molecule has 0 saturated heterocycles. The summed E-state index contributed by atoms with van der Waals surface area (Å²) in [6.07, 6.45) is 4.08. The normalized spacial score (nSPS) is 18.2. The molecule has 1 aliphatic heterocycles. The van der Waals surface area contributed by atoms with E-state index in [1.807, 2.05) is 13.0 Å². The van der Waals surface area contributed by atoms with Gasteiger partial charge in [0.25, 0.3) is 0 Å². The summed E-state index contributed by atoms with van der Waals surface area (Å²) in [6.45, 7) is 4.16. The smallest absolute Gasteiger partial charge is 0.121 e. The van der Waals surface area contributed by atoms with Crippen molar-refractivity contribution < 1.29 is 14.6 Å². The van der Waals surface area contributed by atoms with Crippen molar-refractivity contribution in [1.82, 2.24) is 0 Å². The van der Waals surface area contributed by atoms with E-state index in [-0.39, 0.29) is 0 Å². The summed E-state index contributed by atoms with van der Waals surface area (Å²) in [5.41, 5.74) is 0. The quantitative estimate of drug-likeness (QED) is 0.638. The third kappa shape index (κ3) is 3.79. The van der Waals surface area contributed by atoms with Crippen LogP contribution in [0.1, 0.15) is 26.2 Å². The van der Waals surface area contributed by atoms with Crippen molar-refractivity contribution in [1.29, 1.82) is 0 Å². The van der Waals surface area contributed by atoms with Gasteiger partial charge in [-0.1, -0.05) is 0 Å². The molecule has 0 spiro atoms. The maximum atomic E-state index is 9.60. The molecule has 3 nitrogen and oxygen atoms in total. The lowest BCUT2D eigenvalue weighted by Gasteiger charge is -2.11. The second-order valence-electron chi connectivity index (χ2n) is 3.10. The third-order valence-electron chi connectivity index (χ3n) is 2.03. The summed E-state index contributed by atoms with van der Waals surface area (Å²) in [7, 11) is 0. The Hall–Kier alpha value is -0.540. The van der Waals surface area contributed by atoms with Crippen LogP contribution in [0, 0.1) is 0 Å². The first-order valence-corrected chi connectivity index (χ1v) is 4.93. The van der Waals surface area contributed by atoms with Gasteiger partial charge in [0, 0.05) is 19.6 Å². The van der Waals surface area contributed by atoms with E-state index in [0.29, 0.717) is 0 Å². The number of aliphatic hydroxyl groups is 1. The molecule has 1 aliphatic rings. The highest BCUT2D eigenvalue weighted by atomic mass is 16.5. The Labute approximate surface area is 79.3 Å². The summed E-state index contributed by atoms with van der Waals surface area (Å²) >= 11 is 0. The van der Waals surface area contributed by atoms with Crippen molar-refractivity contribution in [3.05, 3.63) is 11.8 Å². The van der Waals surface area contributed by atoms with Gasteiger partial charge in [0.2, 0.25) is 0 Å². The SMILES string of the molecule is CCOCCCC(O)C1=CCCO1. The van der Waals surface area contributed by atoms with Gasteiger partial charge >= 0.3 is 0 Å². The molecule has 1 unspecified atom stereocenters. The first-order valence-electron chi connectivity index (χ1n) is 4.93. The first-order chi connectivity index (χ1) is 6.34. The monoisotopic (exact) mass is 186 g/mol. The molecule has 0 aliphatic carbocycles. The van der Waals surface area contributed by atoms with Crippen LogP contribution in [0.25, 0.3) is 0 Å². The maximum Gasteiger partial charge on any atom is 0.121 e. The molecule has 0 fully saturated rings. The molecule has 1 heterocycles. The summed E-state index contributed by atoms with van der Waals surface area (Å²) < 4.78 is 10.4. The highest BCUT2D eigenvalue weighted by Gasteiger charge is 2.14. The molecule has 3 heteroatoms. The van der Waals surface area contributed by atoms with Crippen molar-refractivity contribution >= 4 is 0 Å². The summed E-state index contributed by atoms with van der Waals surface area (Å²) in [5.74, 6) is 0.747. The van der Waals surface area contributed by atoms with Crippen LogP contribution in [-0.4, -0.2) is 31.0 Å². The zero-order chi connectivity index (χ0) is 9.52. The highest BCUT2D eigenvalue weighted by Crippen LogP contribution is 2.16. The molecule has 13 heavy (non-hydrogen) atoms. The second kappa shape index (κ2) is 6.00. The number of aliphatic hydroxyl groups excluding tert-OH is 1. The van der Waals surface area contributed by atoms with Crippen LogP contribution in [0.4, 0.5) is 0 Å². The third-order valence-corrected chi connectivity index (χ3v) is 2.03. The molecule has 0 amide bonds. The Kier molecular flexibility index (Phi) is 4.86. The van der Waals surface area contributed by atoms with Gasteiger partial charge in [-0.25, -0.2) is 0 Å². The van der Waals surface area contributed by atoms with Crippen LogP contribution in [0.2, 0.25) is 0 Å². The Bertz CT molecular complexity index is 166. The van der Waals surface area contributed by atoms with E-state index in [1.54, 1.807) is 0 Å². The van der Waals surface area contributed by atoms with Gasteiger partial charge in [0.15, 0.2) is 0 Å². The van der Waals surface area contributed by atoms with Gasteiger partial charge in [-0.2, -0.15) is 0 Å². The Morgan fingerprint density at radius 1 is 1.69 bits per heavy atom. The van der Waals surface area contributed by atoms with E-state index in [2.05, 4.69) is 0 Å². The minimum atomic E-state index is -0.428. The van der Waals surface area contributed by atoms with Crippen molar-refractivity contribution in [3.8, 4) is 0 Å². The number of hydrogen-bond acceptors (Lipinski definition) is 3. The molecule has 1 atom stereocenters. The molecular weight excluding hydrogens is 168 g/mol. The zero-order valence-electron chi connectivity index (χ0n) is 8.16. The van der Waals surface area contributed by atoms with Crippen LogP contribution in [0.5, 0.6) is 0 Å². The lowest BCUT2D eigenvalue weighted by Crippen LogP contribution is -2.11. The fourth-order valence-corrected chi connectivity index (χ4v) is 1.33. The van der Waals surface area contributed by atoms with Gasteiger partial charge in [-0.05, 0) is 25.8 Å². The number of rotatable bonds is 6. The van der Waals surface area contributed by atoms with E-state index in [9.17, 15) is 5.11 Å². The molecule has 0 aromatic heterocycles. The van der Waals surface area contributed by atoms with E-state index in [0.717, 1.165) is 44.8 Å². The first kappa shape index (κ1) is 10.5. The lowest BCUT2D eigenvalue weighted by atomic mass is 10.1. The highest BCUT2D eigenvalue weighted by molar-refractivity contribution is 5.03. The molecule has 1 N–H and O–H groups in total. The van der Waals surface area contributed by atoms with E-state index in [1.165, 1.54) is 0 Å². The lowest BCUT2D eigenvalue weighted by molar-refractivity contribution is 0.0922. The Morgan fingerprint density at radius 2 is 2.54 bits per heavy atom. The minimum absolute atomic E-state index is 0.428. The van der Waals surface area contributed by atoms with Crippen LogP contribution >= 0.6 is 0 Å². The number of hydrogen-bond donors (Lipinski definition) is 1. The molecule has 76 valence electrons. The van der Waals surface area contributed by atoms with Gasteiger partial charge in [-0.15, -0.1) is 0 Å². The van der Waals surface area contributed by atoms with E-state index < -0.39 is 6.10 Å². The molecule has 1 rings (SSSR count). The second-order valence-corrected chi connectivity index (χ2v) is 3.10. The van der Waals surface area contributed by atoms with Gasteiger partial charge < -0.3 is 14.6 Å². The molecular formula is C10H18O3. The number of ether oxygens (including phenoxy) is 2. The van der Waals surface area contributed by atoms with Gasteiger partial charge in [0.1, 0.15) is 11.9 Å². The van der Waals surface area contributed by atoms with Crippen LogP contribution in [0.3, 0.4) is 0 Å². The largest absolute Gasteiger partial charge is 0.495 e. The van der Waals surface area contributed by atoms with Gasteiger partial charge in [0.05, 0.1) is 6.61 Å². The van der Waals surface area contributed by atoms with Gasteiger partial charge in [-0.3, -0.25) is 0 Å². The standard InChI is InChI=1S/C10H18O3/c1-2-12-7-3-5-9(11)10-6-4-8-13-10/h6,9,11H,2-5,7-8H2,1H3. The predicted molar refractivity (Wildman–Crippen MR) is 50.4 cm³/mol. The zero-order valence-corrected chi connectivity index (χ0v) is 8.16. The molecule has 0 aromatic rings. The molecule has 0 radical (unpaired) electrons. The van der Waals surface area contributed by atoms with E-state index in [4.69, 9.17) is 9.47 Å². The van der Waals surface area contributed by atoms with Crippen molar-refractivity contribution in [2.45, 2.75) is 32.3 Å². The Balaban J connectivity index is 2.06. The fraction of sp³-hybridized carbons (Fsp3) is 0.800. The topological polar surface area (TPSA) is 38.7 Å². The molecule has 0 saturated carbocycles. The van der Waals surface area contributed by atoms with E-state index >= 15 is 0 Å². The minimum Gasteiger partial charge on any atom is -0.495 e. The Morgan fingerprint density at radius 3 is 3.15 bits per heavy atom. The van der Waals surface area contributed by atoms with Crippen molar-refractivity contribution in [2.75, 3.05) is 19.8 Å². The summed E-state index contributed by atoms with van der Waals surface area (Å²) in [4.78, 5) is 0. The predicted octanol–water partition coefficient (Wildman–Crippen LogP) is 1.47. The maximum absolute atomic E-state index is 9.60. The van der Waals surface area contributed by atoms with Crippen molar-refractivity contribution in [3.63, 3.8) is 0 Å². The van der Waals surface area contributed by atoms with Crippen molar-refractivity contribution in [2.24, 2.45) is 0 Å². The average Bonchev–Trinajstić information content (AvgIpc) is 2.65. The average molecular weight is 186 g/mol. The van der Waals surface area contributed by atoms with Crippen LogP contribution in [0.15, 0.2) is 11.8 Å². The molecule has 0 bridgehead atoms. The summed E-state index contributed by atoms with van der Waals surface area (Å²) in [5, 5.41) is 9.60. The molecule has 0 aromatic carbocycles. The van der Waals surface area contributed by atoms with Crippen LogP contribution in [-0.2, 0) is 9.47 Å².